The summed E-state index contributed by atoms with van der Waals surface area (Å²) in [5, 5.41) is 2.71. The average molecular weight is 439 g/mol. The maximum atomic E-state index is 13.0. The van der Waals surface area contributed by atoms with E-state index in [1.165, 1.54) is 19.2 Å². The van der Waals surface area contributed by atoms with Gasteiger partial charge in [0.2, 0.25) is 15.9 Å². The van der Waals surface area contributed by atoms with E-state index in [1.54, 1.807) is 0 Å². The number of likely N-dealkylation sites (N-methyl/N-ethyl adjacent to an activating group) is 1. The van der Waals surface area contributed by atoms with Crippen molar-refractivity contribution in [2.24, 2.45) is 0 Å². The van der Waals surface area contributed by atoms with E-state index in [1.807, 2.05) is 32.0 Å². The van der Waals surface area contributed by atoms with Gasteiger partial charge in [-0.1, -0.05) is 6.07 Å². The van der Waals surface area contributed by atoms with Gasteiger partial charge in [-0.05, 0) is 62.2 Å². The average Bonchev–Trinajstić information content (AvgIpc) is 2.70. The molecule has 0 radical (unpaired) electrons. The monoisotopic (exact) mass is 438 g/mol. The number of carbonyl (C=O) groups is 1. The van der Waals surface area contributed by atoms with Crippen molar-refractivity contribution in [1.29, 1.82) is 0 Å². The Balaban J connectivity index is 1.90. The molecule has 0 atom stereocenters. The number of rotatable bonds is 11. The van der Waals surface area contributed by atoms with E-state index < -0.39 is 21.7 Å². The highest BCUT2D eigenvalue weighted by molar-refractivity contribution is 7.89. The van der Waals surface area contributed by atoms with Crippen LogP contribution in [0.25, 0.3) is 0 Å². The summed E-state index contributed by atoms with van der Waals surface area (Å²) in [6.07, 6.45) is 0.548. The molecule has 2 rings (SSSR count). The Hall–Kier alpha value is -2.65. The molecule has 0 bridgehead atoms. The van der Waals surface area contributed by atoms with Gasteiger partial charge in [-0.15, -0.1) is 0 Å². The first-order valence-electron chi connectivity index (χ1n) is 9.65. The summed E-state index contributed by atoms with van der Waals surface area (Å²) in [4.78, 5) is 12.1. The summed E-state index contributed by atoms with van der Waals surface area (Å²) in [6.45, 7) is 4.82. The lowest BCUT2D eigenvalue weighted by Gasteiger charge is -2.17. The predicted octanol–water partition coefficient (Wildman–Crippen LogP) is 2.60. The molecular formula is C21H27FN2O5S. The van der Waals surface area contributed by atoms with Crippen molar-refractivity contribution in [1.82, 2.24) is 9.62 Å². The van der Waals surface area contributed by atoms with Gasteiger partial charge in [0.25, 0.3) is 0 Å². The lowest BCUT2D eigenvalue weighted by molar-refractivity contribution is -0.121. The van der Waals surface area contributed by atoms with Crippen molar-refractivity contribution in [3.63, 3.8) is 0 Å². The number of nitrogens with one attached hydrogen (secondary N) is 1. The fourth-order valence-corrected chi connectivity index (χ4v) is 3.85. The molecule has 9 heteroatoms. The molecule has 0 unspecified atom stereocenters. The first-order chi connectivity index (χ1) is 14.3. The molecule has 7 nitrogen and oxygen atoms in total. The minimum Gasteiger partial charge on any atom is -0.490 e. The third kappa shape index (κ3) is 6.43. The number of hydrogen-bond acceptors (Lipinski definition) is 5. The Morgan fingerprint density at radius 2 is 1.67 bits per heavy atom. The van der Waals surface area contributed by atoms with Crippen molar-refractivity contribution in [3.05, 3.63) is 53.8 Å². The van der Waals surface area contributed by atoms with Crippen molar-refractivity contribution in [3.8, 4) is 11.5 Å². The van der Waals surface area contributed by atoms with Gasteiger partial charge >= 0.3 is 0 Å². The van der Waals surface area contributed by atoms with Crippen LogP contribution in [0, 0.1) is 5.82 Å². The van der Waals surface area contributed by atoms with Gasteiger partial charge in [0.05, 0.1) is 24.7 Å². The summed E-state index contributed by atoms with van der Waals surface area (Å²) < 4.78 is 50.0. The largest absolute Gasteiger partial charge is 0.490 e. The Kier molecular flexibility index (Phi) is 8.61. The van der Waals surface area contributed by atoms with Crippen LogP contribution in [0.3, 0.4) is 0 Å². The summed E-state index contributed by atoms with van der Waals surface area (Å²) in [7, 11) is -2.57. The molecule has 0 spiro atoms. The second-order valence-corrected chi connectivity index (χ2v) is 8.51. The molecule has 0 aliphatic heterocycles. The quantitative estimate of drug-likeness (QED) is 0.583. The SMILES string of the molecule is CCOc1ccc(CCNC(=O)CN(C)S(=O)(=O)c2ccc(F)cc2)cc1OCC. The van der Waals surface area contributed by atoms with Crippen molar-refractivity contribution in [2.75, 3.05) is 33.4 Å². The summed E-state index contributed by atoms with van der Waals surface area (Å²) in [5.41, 5.74) is 0.953. The van der Waals surface area contributed by atoms with Crippen LogP contribution in [-0.4, -0.2) is 52.0 Å². The molecule has 30 heavy (non-hydrogen) atoms. The molecule has 0 aromatic heterocycles. The topological polar surface area (TPSA) is 84.9 Å². The zero-order valence-corrected chi connectivity index (χ0v) is 18.2. The van der Waals surface area contributed by atoms with Gasteiger partial charge in [0, 0.05) is 13.6 Å². The number of sulfonamides is 1. The summed E-state index contributed by atoms with van der Waals surface area (Å²) in [5.74, 6) is 0.350. The zero-order valence-electron chi connectivity index (χ0n) is 17.4. The fourth-order valence-electron chi connectivity index (χ4n) is 2.73. The molecule has 1 amide bonds. The van der Waals surface area contributed by atoms with Crippen LogP contribution in [-0.2, 0) is 21.2 Å². The number of amides is 1. The Morgan fingerprint density at radius 1 is 1.03 bits per heavy atom. The number of halogens is 1. The van der Waals surface area contributed by atoms with Crippen LogP contribution in [0.1, 0.15) is 19.4 Å². The molecule has 0 aliphatic carbocycles. The predicted molar refractivity (Wildman–Crippen MR) is 112 cm³/mol. The molecule has 2 aromatic carbocycles. The fraction of sp³-hybridized carbons (Fsp3) is 0.381. The van der Waals surface area contributed by atoms with Crippen LogP contribution in [0.4, 0.5) is 4.39 Å². The highest BCUT2D eigenvalue weighted by atomic mass is 32.2. The molecule has 0 heterocycles. The van der Waals surface area contributed by atoms with Gasteiger partial charge in [-0.25, -0.2) is 12.8 Å². The number of nitrogens with zero attached hydrogens (tertiary/aromatic N) is 1. The van der Waals surface area contributed by atoms with E-state index in [9.17, 15) is 17.6 Å². The van der Waals surface area contributed by atoms with Gasteiger partial charge in [0.15, 0.2) is 11.5 Å². The smallest absolute Gasteiger partial charge is 0.243 e. The lowest BCUT2D eigenvalue weighted by atomic mass is 10.1. The second-order valence-electron chi connectivity index (χ2n) is 6.46. The Bertz CT molecular complexity index is 948. The second kappa shape index (κ2) is 10.9. The molecule has 0 saturated carbocycles. The van der Waals surface area contributed by atoms with Gasteiger partial charge < -0.3 is 14.8 Å². The number of ether oxygens (including phenoxy) is 2. The van der Waals surface area contributed by atoms with Crippen LogP contribution in [0.15, 0.2) is 47.4 Å². The standard InChI is InChI=1S/C21H27FN2O5S/c1-4-28-19-11-6-16(14-20(19)29-5-2)12-13-23-21(25)15-24(3)30(26,27)18-9-7-17(22)8-10-18/h6-11,14H,4-5,12-13,15H2,1-3H3,(H,23,25). The molecular weight excluding hydrogens is 411 g/mol. The molecule has 0 saturated heterocycles. The molecule has 0 fully saturated rings. The first kappa shape index (κ1) is 23.6. The third-order valence-corrected chi connectivity index (χ3v) is 6.05. The van der Waals surface area contributed by atoms with Crippen LogP contribution >= 0.6 is 0 Å². The minimum atomic E-state index is -3.87. The van der Waals surface area contributed by atoms with Crippen LogP contribution in [0.5, 0.6) is 11.5 Å². The Labute approximate surface area is 176 Å². The lowest BCUT2D eigenvalue weighted by Crippen LogP contribution is -2.39. The summed E-state index contributed by atoms with van der Waals surface area (Å²) >= 11 is 0. The first-order valence-corrected chi connectivity index (χ1v) is 11.1. The third-order valence-electron chi connectivity index (χ3n) is 4.23. The summed E-state index contributed by atoms with van der Waals surface area (Å²) in [6, 6.07) is 10.1. The molecule has 164 valence electrons. The van der Waals surface area contributed by atoms with E-state index in [0.29, 0.717) is 37.7 Å². The van der Waals surface area contributed by atoms with Gasteiger partial charge in [-0.2, -0.15) is 4.31 Å². The van der Waals surface area contributed by atoms with Crippen LogP contribution < -0.4 is 14.8 Å². The Morgan fingerprint density at radius 3 is 2.30 bits per heavy atom. The van der Waals surface area contributed by atoms with Crippen molar-refractivity contribution in [2.45, 2.75) is 25.2 Å². The molecule has 2 aromatic rings. The number of hydrogen-bond donors (Lipinski definition) is 1. The highest BCUT2D eigenvalue weighted by Crippen LogP contribution is 2.28. The van der Waals surface area contributed by atoms with E-state index in [-0.39, 0.29) is 11.4 Å². The zero-order chi connectivity index (χ0) is 22.1. The number of carbonyl (C=O) groups excluding carboxylic acids is 1. The minimum absolute atomic E-state index is 0.0722. The van der Waals surface area contributed by atoms with E-state index in [4.69, 9.17) is 9.47 Å². The maximum Gasteiger partial charge on any atom is 0.243 e. The maximum absolute atomic E-state index is 13.0. The number of benzene rings is 2. The molecule has 1 N–H and O–H groups in total. The van der Waals surface area contributed by atoms with E-state index in [2.05, 4.69) is 5.32 Å². The van der Waals surface area contributed by atoms with Gasteiger partial charge in [0.1, 0.15) is 5.82 Å². The van der Waals surface area contributed by atoms with Gasteiger partial charge in [-0.3, -0.25) is 4.79 Å². The van der Waals surface area contributed by atoms with Crippen molar-refractivity contribution < 1.29 is 27.1 Å². The normalized spacial score (nSPS) is 11.4. The van der Waals surface area contributed by atoms with Crippen LogP contribution in [0.2, 0.25) is 0 Å². The molecule has 0 aliphatic rings. The van der Waals surface area contributed by atoms with E-state index in [0.717, 1.165) is 22.0 Å². The van der Waals surface area contributed by atoms with Crippen molar-refractivity contribution >= 4 is 15.9 Å². The van der Waals surface area contributed by atoms with E-state index >= 15 is 0 Å². The highest BCUT2D eigenvalue weighted by Gasteiger charge is 2.22.